The maximum Gasteiger partial charge on any atom is 0.411 e. The Morgan fingerprint density at radius 1 is 1.47 bits per heavy atom. The molecule has 0 saturated carbocycles. The molecule has 0 radical (unpaired) electrons. The first-order chi connectivity index (χ1) is 8.11. The highest BCUT2D eigenvalue weighted by Gasteiger charge is 2.01. The molecular weight excluding hydrogens is 242 g/mol. The second kappa shape index (κ2) is 6.93. The van der Waals surface area contributed by atoms with Gasteiger partial charge in [-0.15, -0.1) is 0 Å². The maximum atomic E-state index is 11.3. The third-order valence-electron chi connectivity index (χ3n) is 1.99. The molecule has 1 aromatic rings. The molecule has 0 unspecified atom stereocenters. The van der Waals surface area contributed by atoms with Crippen LogP contribution in [0.15, 0.2) is 35.9 Å². The normalized spacial score (nSPS) is 11.1. The van der Waals surface area contributed by atoms with Crippen LogP contribution < -0.4 is 5.32 Å². The van der Waals surface area contributed by atoms with Crippen molar-refractivity contribution < 1.29 is 14.6 Å². The zero-order chi connectivity index (χ0) is 12.7. The molecular formula is C12H14ClNO3. The molecule has 0 bridgehead atoms. The largest absolute Gasteiger partial charge is 0.445 e. The van der Waals surface area contributed by atoms with E-state index in [0.29, 0.717) is 10.7 Å². The third kappa shape index (κ3) is 5.38. The van der Waals surface area contributed by atoms with E-state index in [1.165, 1.54) is 0 Å². The smallest absolute Gasteiger partial charge is 0.411 e. The molecule has 0 aliphatic carbocycles. The van der Waals surface area contributed by atoms with Crippen LogP contribution >= 0.6 is 11.6 Å². The summed E-state index contributed by atoms with van der Waals surface area (Å²) in [7, 11) is 0. The molecule has 0 heterocycles. The van der Waals surface area contributed by atoms with Crippen LogP contribution in [0.1, 0.15) is 6.92 Å². The van der Waals surface area contributed by atoms with Gasteiger partial charge >= 0.3 is 6.09 Å². The van der Waals surface area contributed by atoms with Gasteiger partial charge in [0.1, 0.15) is 6.61 Å². The molecule has 1 amide bonds. The van der Waals surface area contributed by atoms with Gasteiger partial charge < -0.3 is 9.84 Å². The highest BCUT2D eigenvalue weighted by Crippen LogP contribution is 2.13. The third-order valence-corrected chi connectivity index (χ3v) is 2.24. The highest BCUT2D eigenvalue weighted by atomic mass is 35.5. The summed E-state index contributed by atoms with van der Waals surface area (Å²) in [5, 5.41) is 11.9. The lowest BCUT2D eigenvalue weighted by Gasteiger charge is -2.05. The van der Waals surface area contributed by atoms with Crippen molar-refractivity contribution in [2.75, 3.05) is 18.5 Å². The van der Waals surface area contributed by atoms with Crippen molar-refractivity contribution >= 4 is 23.4 Å². The lowest BCUT2D eigenvalue weighted by molar-refractivity contribution is 0.173. The minimum atomic E-state index is -0.547. The van der Waals surface area contributed by atoms with E-state index in [-0.39, 0.29) is 13.2 Å². The SMILES string of the molecule is C/C(=C\COC(=O)Nc1ccc(Cl)cc1)CO. The summed E-state index contributed by atoms with van der Waals surface area (Å²) in [6, 6.07) is 6.71. The first-order valence-corrected chi connectivity index (χ1v) is 5.45. The molecule has 0 aliphatic rings. The van der Waals surface area contributed by atoms with Crippen molar-refractivity contribution in [3.8, 4) is 0 Å². The number of benzene rings is 1. The van der Waals surface area contributed by atoms with E-state index < -0.39 is 6.09 Å². The van der Waals surface area contributed by atoms with E-state index in [0.717, 1.165) is 5.57 Å². The van der Waals surface area contributed by atoms with Gasteiger partial charge in [-0.25, -0.2) is 4.79 Å². The van der Waals surface area contributed by atoms with Gasteiger partial charge in [-0.05, 0) is 42.8 Å². The molecule has 1 rings (SSSR count). The van der Waals surface area contributed by atoms with Crippen molar-refractivity contribution in [3.05, 3.63) is 40.9 Å². The molecule has 1 aromatic carbocycles. The Hall–Kier alpha value is -1.52. The molecule has 0 aromatic heterocycles. The summed E-state index contributed by atoms with van der Waals surface area (Å²) in [5.41, 5.74) is 1.37. The van der Waals surface area contributed by atoms with Gasteiger partial charge in [-0.1, -0.05) is 11.6 Å². The van der Waals surface area contributed by atoms with E-state index in [2.05, 4.69) is 5.32 Å². The fourth-order valence-electron chi connectivity index (χ4n) is 1.01. The number of aliphatic hydroxyl groups excluding tert-OH is 1. The van der Waals surface area contributed by atoms with Gasteiger partial charge in [0.05, 0.1) is 6.61 Å². The minimum Gasteiger partial charge on any atom is -0.445 e. The summed E-state index contributed by atoms with van der Waals surface area (Å²) in [4.78, 5) is 11.3. The summed E-state index contributed by atoms with van der Waals surface area (Å²) < 4.78 is 4.88. The van der Waals surface area contributed by atoms with Gasteiger partial charge in [0.25, 0.3) is 0 Å². The van der Waals surface area contributed by atoms with E-state index >= 15 is 0 Å². The van der Waals surface area contributed by atoms with Crippen molar-refractivity contribution in [3.63, 3.8) is 0 Å². The second-order valence-electron chi connectivity index (χ2n) is 3.44. The number of amides is 1. The number of nitrogens with one attached hydrogen (secondary N) is 1. The van der Waals surface area contributed by atoms with Crippen LogP contribution in [0.3, 0.4) is 0 Å². The predicted octanol–water partition coefficient (Wildman–Crippen LogP) is 2.83. The summed E-state index contributed by atoms with van der Waals surface area (Å²) in [6.45, 7) is 1.84. The van der Waals surface area contributed by atoms with Gasteiger partial charge in [0, 0.05) is 10.7 Å². The number of rotatable bonds is 4. The lowest BCUT2D eigenvalue weighted by Crippen LogP contribution is -2.13. The molecule has 0 aliphatic heterocycles. The average molecular weight is 256 g/mol. The number of aliphatic hydroxyl groups is 1. The second-order valence-corrected chi connectivity index (χ2v) is 3.88. The minimum absolute atomic E-state index is 0.0395. The van der Waals surface area contributed by atoms with E-state index in [9.17, 15) is 4.79 Å². The first kappa shape index (κ1) is 13.5. The van der Waals surface area contributed by atoms with Gasteiger partial charge in [-0.3, -0.25) is 5.32 Å². The van der Waals surface area contributed by atoms with Crippen LogP contribution in [0, 0.1) is 0 Å². The van der Waals surface area contributed by atoms with Crippen LogP contribution in [0.4, 0.5) is 10.5 Å². The molecule has 0 saturated heterocycles. The standard InChI is InChI=1S/C12H14ClNO3/c1-9(8-15)6-7-17-12(16)14-11-4-2-10(13)3-5-11/h2-6,15H,7-8H2,1H3,(H,14,16)/b9-6+. The zero-order valence-electron chi connectivity index (χ0n) is 9.44. The number of hydrogen-bond donors (Lipinski definition) is 2. The summed E-state index contributed by atoms with van der Waals surface area (Å²) in [5.74, 6) is 0. The van der Waals surface area contributed by atoms with Crippen LogP contribution in [0.25, 0.3) is 0 Å². The van der Waals surface area contributed by atoms with Crippen LogP contribution in [-0.4, -0.2) is 24.4 Å². The highest BCUT2D eigenvalue weighted by molar-refractivity contribution is 6.30. The fourth-order valence-corrected chi connectivity index (χ4v) is 1.14. The van der Waals surface area contributed by atoms with E-state index in [1.807, 2.05) is 0 Å². The predicted molar refractivity (Wildman–Crippen MR) is 67.3 cm³/mol. The molecule has 0 atom stereocenters. The van der Waals surface area contributed by atoms with Crippen molar-refractivity contribution in [2.45, 2.75) is 6.92 Å². The van der Waals surface area contributed by atoms with Crippen LogP contribution in [0.5, 0.6) is 0 Å². The molecule has 17 heavy (non-hydrogen) atoms. The molecule has 0 spiro atoms. The number of halogens is 1. The maximum absolute atomic E-state index is 11.3. The summed E-state index contributed by atoms with van der Waals surface area (Å²) in [6.07, 6.45) is 1.09. The number of carbonyl (C=O) groups excluding carboxylic acids is 1. The fraction of sp³-hybridized carbons (Fsp3) is 0.250. The zero-order valence-corrected chi connectivity index (χ0v) is 10.2. The van der Waals surface area contributed by atoms with Crippen molar-refractivity contribution in [1.82, 2.24) is 0 Å². The van der Waals surface area contributed by atoms with Gasteiger partial charge in [-0.2, -0.15) is 0 Å². The molecule has 4 nitrogen and oxygen atoms in total. The monoisotopic (exact) mass is 255 g/mol. The Kier molecular flexibility index (Phi) is 5.52. The number of ether oxygens (including phenoxy) is 1. The Labute approximate surface area is 105 Å². The number of carbonyl (C=O) groups is 1. The Bertz CT molecular complexity index is 401. The van der Waals surface area contributed by atoms with Crippen molar-refractivity contribution in [2.24, 2.45) is 0 Å². The molecule has 0 fully saturated rings. The molecule has 2 N–H and O–H groups in total. The van der Waals surface area contributed by atoms with Gasteiger partial charge in [0.15, 0.2) is 0 Å². The average Bonchev–Trinajstić information content (AvgIpc) is 2.32. The summed E-state index contributed by atoms with van der Waals surface area (Å²) >= 11 is 5.71. The molecule has 92 valence electrons. The van der Waals surface area contributed by atoms with Crippen LogP contribution in [-0.2, 0) is 4.74 Å². The first-order valence-electron chi connectivity index (χ1n) is 5.07. The van der Waals surface area contributed by atoms with Crippen molar-refractivity contribution in [1.29, 1.82) is 0 Å². The molecule has 5 heteroatoms. The van der Waals surface area contributed by atoms with Gasteiger partial charge in [0.2, 0.25) is 0 Å². The Balaban J connectivity index is 2.37. The topological polar surface area (TPSA) is 58.6 Å². The van der Waals surface area contributed by atoms with E-state index in [1.54, 1.807) is 37.3 Å². The van der Waals surface area contributed by atoms with Crippen LogP contribution in [0.2, 0.25) is 5.02 Å². The number of anilines is 1. The van der Waals surface area contributed by atoms with E-state index in [4.69, 9.17) is 21.4 Å². The quantitative estimate of drug-likeness (QED) is 0.814. The Morgan fingerprint density at radius 3 is 2.71 bits per heavy atom. The lowest BCUT2D eigenvalue weighted by atomic mass is 10.3. The Morgan fingerprint density at radius 2 is 2.12 bits per heavy atom. The number of hydrogen-bond acceptors (Lipinski definition) is 3.